The second kappa shape index (κ2) is 36.0. The number of aryl methyl sites for hydroxylation is 2. The number of rotatable bonds is 41. The Bertz CT molecular complexity index is 1120. The molecule has 0 saturated carbocycles. The zero-order chi connectivity index (χ0) is 40.9. The van der Waals surface area contributed by atoms with Crippen LogP contribution in [0.15, 0.2) is 48.5 Å². The Labute approximate surface area is 353 Å². The van der Waals surface area contributed by atoms with E-state index in [0.29, 0.717) is 5.75 Å². The molecule has 0 radical (unpaired) electrons. The topological polar surface area (TPSA) is 69.9 Å². The molecule has 1 atom stereocenters. The van der Waals surface area contributed by atoms with E-state index < -0.39 is 11.5 Å². The van der Waals surface area contributed by atoms with Crippen LogP contribution < -0.4 is 4.74 Å². The standard InChI is InChI=1S/C53H92O4/c1-3-5-7-9-11-13-15-17-19-21-23-25-27-29-31-33-35-48-37-41-50(42-38-48)52(53(45-54,46-55)47-56)57-51-43-39-49(40-44-51)36-34-32-30-28-26-24-22-20-18-16-14-12-10-8-6-4-2/h37-44,52,54-56H,3-36,45-47H2,1-2H3. The molecule has 4 heteroatoms. The maximum absolute atomic E-state index is 10.4. The molecule has 0 spiro atoms. The number of unbranched alkanes of at least 4 members (excludes halogenated alkanes) is 30. The van der Waals surface area contributed by atoms with Crippen molar-refractivity contribution in [2.75, 3.05) is 19.8 Å². The van der Waals surface area contributed by atoms with E-state index in [1.165, 1.54) is 217 Å². The summed E-state index contributed by atoms with van der Waals surface area (Å²) in [5.74, 6) is 0.688. The first-order valence-corrected chi connectivity index (χ1v) is 24.8. The highest BCUT2D eigenvalue weighted by Gasteiger charge is 2.41. The maximum Gasteiger partial charge on any atom is 0.136 e. The van der Waals surface area contributed by atoms with Gasteiger partial charge in [-0.2, -0.15) is 0 Å². The van der Waals surface area contributed by atoms with Crippen molar-refractivity contribution in [2.45, 2.75) is 238 Å². The average Bonchev–Trinajstić information content (AvgIpc) is 3.24. The van der Waals surface area contributed by atoms with Crippen molar-refractivity contribution in [3.05, 3.63) is 65.2 Å². The lowest BCUT2D eigenvalue weighted by atomic mass is 9.80. The average molecular weight is 793 g/mol. The molecular formula is C53H92O4. The highest BCUT2D eigenvalue weighted by atomic mass is 16.5. The SMILES string of the molecule is CCCCCCCCCCCCCCCCCCc1ccc(OC(c2ccc(CCCCCCCCCCCCCCCCCC)cc2)C(CO)(CO)CO)cc1. The van der Waals surface area contributed by atoms with Gasteiger partial charge in [0.1, 0.15) is 11.9 Å². The summed E-state index contributed by atoms with van der Waals surface area (Å²) < 4.78 is 6.48. The first kappa shape index (κ1) is 51.3. The van der Waals surface area contributed by atoms with Crippen LogP contribution in [0.25, 0.3) is 0 Å². The molecule has 57 heavy (non-hydrogen) atoms. The second-order valence-corrected chi connectivity index (χ2v) is 17.8. The molecule has 0 heterocycles. The van der Waals surface area contributed by atoms with Gasteiger partial charge in [-0.15, -0.1) is 0 Å². The van der Waals surface area contributed by atoms with Crippen molar-refractivity contribution in [1.82, 2.24) is 0 Å². The molecule has 0 aliphatic heterocycles. The lowest BCUT2D eigenvalue weighted by Gasteiger charge is -2.36. The molecular weight excluding hydrogens is 701 g/mol. The number of aliphatic hydroxyl groups excluding tert-OH is 3. The van der Waals surface area contributed by atoms with Gasteiger partial charge < -0.3 is 20.1 Å². The van der Waals surface area contributed by atoms with Gasteiger partial charge in [0, 0.05) is 0 Å². The number of benzene rings is 2. The highest BCUT2D eigenvalue weighted by Crippen LogP contribution is 2.38. The van der Waals surface area contributed by atoms with Crippen molar-refractivity contribution in [3.8, 4) is 5.75 Å². The molecule has 3 N–H and O–H groups in total. The van der Waals surface area contributed by atoms with Crippen LogP contribution in [0.2, 0.25) is 0 Å². The van der Waals surface area contributed by atoms with E-state index in [9.17, 15) is 15.3 Å². The predicted octanol–water partition coefficient (Wildman–Crippen LogP) is 15.4. The Morgan fingerprint density at radius 2 is 0.632 bits per heavy atom. The van der Waals surface area contributed by atoms with E-state index in [2.05, 4.69) is 38.1 Å². The van der Waals surface area contributed by atoms with Gasteiger partial charge >= 0.3 is 0 Å². The molecule has 4 nitrogen and oxygen atoms in total. The lowest BCUT2D eigenvalue weighted by Crippen LogP contribution is -2.42. The Balaban J connectivity index is 1.63. The third kappa shape index (κ3) is 24.7. The van der Waals surface area contributed by atoms with Gasteiger partial charge in [0.25, 0.3) is 0 Å². The van der Waals surface area contributed by atoms with E-state index in [1.54, 1.807) is 0 Å². The molecule has 2 aromatic rings. The van der Waals surface area contributed by atoms with Gasteiger partial charge in [0.05, 0.1) is 25.2 Å². The molecule has 0 bridgehead atoms. The minimum atomic E-state index is -1.19. The van der Waals surface area contributed by atoms with Crippen molar-refractivity contribution >= 4 is 0 Å². The van der Waals surface area contributed by atoms with E-state index in [1.807, 2.05) is 24.3 Å². The number of hydrogen-bond acceptors (Lipinski definition) is 4. The van der Waals surface area contributed by atoms with Gasteiger partial charge in [-0.1, -0.05) is 243 Å². The maximum atomic E-state index is 10.4. The van der Waals surface area contributed by atoms with Crippen LogP contribution in [0.4, 0.5) is 0 Å². The third-order valence-corrected chi connectivity index (χ3v) is 12.6. The summed E-state index contributed by atoms with van der Waals surface area (Å²) in [5.41, 5.74) is 2.27. The van der Waals surface area contributed by atoms with E-state index in [-0.39, 0.29) is 19.8 Å². The Kier molecular flexibility index (Phi) is 32.4. The zero-order valence-electron chi connectivity index (χ0n) is 37.6. The van der Waals surface area contributed by atoms with Crippen LogP contribution in [0.1, 0.15) is 242 Å². The summed E-state index contributed by atoms with van der Waals surface area (Å²) in [6.07, 6.45) is 45.6. The van der Waals surface area contributed by atoms with Crippen LogP contribution >= 0.6 is 0 Å². The fourth-order valence-corrected chi connectivity index (χ4v) is 8.43. The molecule has 2 aromatic carbocycles. The Morgan fingerprint density at radius 1 is 0.368 bits per heavy atom. The van der Waals surface area contributed by atoms with Crippen molar-refractivity contribution in [1.29, 1.82) is 0 Å². The summed E-state index contributed by atoms with van der Waals surface area (Å²) in [6, 6.07) is 16.7. The van der Waals surface area contributed by atoms with Crippen LogP contribution in [0.3, 0.4) is 0 Å². The number of hydrogen-bond donors (Lipinski definition) is 3. The first-order chi connectivity index (χ1) is 28.1. The monoisotopic (exact) mass is 793 g/mol. The second-order valence-electron chi connectivity index (χ2n) is 17.8. The fourth-order valence-electron chi connectivity index (χ4n) is 8.43. The van der Waals surface area contributed by atoms with E-state index in [0.717, 1.165) is 18.4 Å². The van der Waals surface area contributed by atoms with Crippen LogP contribution in [-0.2, 0) is 12.8 Å². The first-order valence-electron chi connectivity index (χ1n) is 24.8. The Hall–Kier alpha value is -1.88. The molecule has 0 amide bonds. The van der Waals surface area contributed by atoms with E-state index in [4.69, 9.17) is 4.74 Å². The Morgan fingerprint density at radius 3 is 0.912 bits per heavy atom. The summed E-state index contributed by atoms with van der Waals surface area (Å²) in [7, 11) is 0. The van der Waals surface area contributed by atoms with Crippen molar-refractivity contribution in [2.24, 2.45) is 5.41 Å². The van der Waals surface area contributed by atoms with Gasteiger partial charge in [-0.05, 0) is 54.5 Å². The van der Waals surface area contributed by atoms with Crippen molar-refractivity contribution < 1.29 is 20.1 Å². The molecule has 1 unspecified atom stereocenters. The molecule has 0 aromatic heterocycles. The molecule has 0 aliphatic rings. The van der Waals surface area contributed by atoms with Gasteiger partial charge in [0.2, 0.25) is 0 Å². The van der Waals surface area contributed by atoms with Gasteiger partial charge in [-0.3, -0.25) is 0 Å². The van der Waals surface area contributed by atoms with Crippen molar-refractivity contribution in [3.63, 3.8) is 0 Å². The van der Waals surface area contributed by atoms with E-state index >= 15 is 0 Å². The normalized spacial score (nSPS) is 12.4. The quantitative estimate of drug-likeness (QED) is 0.0587. The number of aliphatic hydroxyl groups is 3. The van der Waals surface area contributed by atoms with Gasteiger partial charge in [-0.25, -0.2) is 0 Å². The summed E-state index contributed by atoms with van der Waals surface area (Å²) in [6.45, 7) is 3.46. The summed E-state index contributed by atoms with van der Waals surface area (Å²) >= 11 is 0. The van der Waals surface area contributed by atoms with Crippen LogP contribution in [-0.4, -0.2) is 35.1 Å². The molecule has 328 valence electrons. The zero-order valence-corrected chi connectivity index (χ0v) is 37.6. The summed E-state index contributed by atoms with van der Waals surface area (Å²) in [4.78, 5) is 0. The number of ether oxygens (including phenoxy) is 1. The van der Waals surface area contributed by atoms with Crippen LogP contribution in [0.5, 0.6) is 5.75 Å². The molecule has 2 rings (SSSR count). The minimum Gasteiger partial charge on any atom is -0.485 e. The highest BCUT2D eigenvalue weighted by molar-refractivity contribution is 5.31. The lowest BCUT2D eigenvalue weighted by molar-refractivity contribution is -0.0742. The van der Waals surface area contributed by atoms with Gasteiger partial charge in [0.15, 0.2) is 0 Å². The largest absolute Gasteiger partial charge is 0.485 e. The molecule has 0 saturated heterocycles. The third-order valence-electron chi connectivity index (χ3n) is 12.6. The minimum absolute atomic E-state index is 0.372. The predicted molar refractivity (Wildman–Crippen MR) is 246 cm³/mol. The summed E-state index contributed by atoms with van der Waals surface area (Å²) in [5, 5.41) is 31.1. The molecule has 0 aliphatic carbocycles. The fraction of sp³-hybridized carbons (Fsp3) is 0.774. The van der Waals surface area contributed by atoms with Crippen LogP contribution in [0, 0.1) is 5.41 Å². The molecule has 0 fully saturated rings. The smallest absolute Gasteiger partial charge is 0.136 e.